The lowest BCUT2D eigenvalue weighted by Gasteiger charge is -2.28. The molecule has 1 aliphatic heterocycles. The summed E-state index contributed by atoms with van der Waals surface area (Å²) in [6.07, 6.45) is 0.820. The van der Waals surface area contributed by atoms with Gasteiger partial charge in [-0.15, -0.1) is 0 Å². The second-order valence-corrected chi connectivity index (χ2v) is 11.7. The molecular formula is C22H23Br3N2O5. The van der Waals surface area contributed by atoms with Crippen molar-refractivity contribution in [3.05, 3.63) is 27.7 Å². The Bertz CT molecular complexity index is 984. The number of hydrogen-bond donors (Lipinski definition) is 1. The summed E-state index contributed by atoms with van der Waals surface area (Å²) in [5.41, 5.74) is 2.52. The average molecular weight is 635 g/mol. The van der Waals surface area contributed by atoms with E-state index in [1.807, 2.05) is 19.9 Å². The standard InChI is InChI=1S/C22H23Br3N2O5/c1-8-9(2)14(5-4-13(8)23)26-15(28)7-32-22(31)10(3)27-20(29)16-11-6-12(17(16)21(27)30)19(25)18(11)24/h4-5,10-12,16-19H,6-7H2,1-3H3,(H,26,28)/t10-,11+,12+,16+,17+,18-,19+/m0/s1. The molecular weight excluding hydrogens is 612 g/mol. The van der Waals surface area contributed by atoms with Crippen molar-refractivity contribution in [3.63, 3.8) is 0 Å². The van der Waals surface area contributed by atoms with Crippen molar-refractivity contribution in [1.29, 1.82) is 0 Å². The number of imide groups is 1. The van der Waals surface area contributed by atoms with Gasteiger partial charge in [0.25, 0.3) is 5.91 Å². The van der Waals surface area contributed by atoms with Gasteiger partial charge in [0, 0.05) is 19.8 Å². The van der Waals surface area contributed by atoms with Gasteiger partial charge in [-0.05, 0) is 62.3 Å². The largest absolute Gasteiger partial charge is 0.454 e. The summed E-state index contributed by atoms with van der Waals surface area (Å²) in [5.74, 6) is -2.54. The van der Waals surface area contributed by atoms with Gasteiger partial charge in [0.1, 0.15) is 6.04 Å². The van der Waals surface area contributed by atoms with Gasteiger partial charge in [-0.2, -0.15) is 0 Å². The Balaban J connectivity index is 1.37. The van der Waals surface area contributed by atoms with E-state index in [9.17, 15) is 19.2 Å². The monoisotopic (exact) mass is 632 g/mol. The maximum Gasteiger partial charge on any atom is 0.329 e. The second kappa shape index (κ2) is 8.83. The normalized spacial score (nSPS) is 31.6. The molecule has 3 amide bonds. The number of halogens is 3. The molecule has 1 heterocycles. The number of carbonyl (C=O) groups excluding carboxylic acids is 4. The Morgan fingerprint density at radius 3 is 2.22 bits per heavy atom. The summed E-state index contributed by atoms with van der Waals surface area (Å²) in [7, 11) is 0. The molecule has 1 saturated heterocycles. The minimum absolute atomic E-state index is 0.0717. The Labute approximate surface area is 211 Å². The predicted octanol–water partition coefficient (Wildman–Crippen LogP) is 3.71. The molecule has 32 heavy (non-hydrogen) atoms. The van der Waals surface area contributed by atoms with Crippen molar-refractivity contribution >= 4 is 77.2 Å². The zero-order chi connectivity index (χ0) is 23.5. The molecule has 172 valence electrons. The molecule has 3 fully saturated rings. The van der Waals surface area contributed by atoms with Gasteiger partial charge in [-0.25, -0.2) is 4.79 Å². The van der Waals surface area contributed by atoms with Crippen molar-refractivity contribution in [2.24, 2.45) is 23.7 Å². The lowest BCUT2D eigenvalue weighted by atomic mass is 9.81. The number of anilines is 1. The van der Waals surface area contributed by atoms with Crippen LogP contribution in [-0.2, 0) is 23.9 Å². The summed E-state index contributed by atoms with van der Waals surface area (Å²) in [6, 6.07) is 2.51. The van der Waals surface area contributed by atoms with Gasteiger partial charge in [-0.1, -0.05) is 47.8 Å². The van der Waals surface area contributed by atoms with Crippen LogP contribution in [0.3, 0.4) is 0 Å². The van der Waals surface area contributed by atoms with Crippen LogP contribution in [0, 0.1) is 37.5 Å². The maximum absolute atomic E-state index is 13.0. The Kier molecular flexibility index (Phi) is 6.59. The van der Waals surface area contributed by atoms with E-state index in [1.54, 1.807) is 6.07 Å². The number of amides is 3. The highest BCUT2D eigenvalue weighted by atomic mass is 79.9. The number of hydrogen-bond acceptors (Lipinski definition) is 5. The van der Waals surface area contributed by atoms with Crippen LogP contribution < -0.4 is 5.32 Å². The van der Waals surface area contributed by atoms with Crippen LogP contribution in [0.25, 0.3) is 0 Å². The van der Waals surface area contributed by atoms with Gasteiger partial charge in [0.05, 0.1) is 11.8 Å². The van der Waals surface area contributed by atoms with Gasteiger partial charge < -0.3 is 10.1 Å². The lowest BCUT2D eigenvalue weighted by molar-refractivity contribution is -0.159. The topological polar surface area (TPSA) is 92.8 Å². The third-order valence-electron chi connectivity index (χ3n) is 7.09. The van der Waals surface area contributed by atoms with Crippen LogP contribution in [-0.4, -0.2) is 50.9 Å². The molecule has 10 heteroatoms. The highest BCUT2D eigenvalue weighted by Crippen LogP contribution is 2.60. The van der Waals surface area contributed by atoms with Gasteiger partial charge >= 0.3 is 5.97 Å². The third kappa shape index (κ3) is 3.76. The van der Waals surface area contributed by atoms with Gasteiger partial charge in [0.2, 0.25) is 11.8 Å². The molecule has 1 aromatic carbocycles. The summed E-state index contributed by atoms with van der Waals surface area (Å²) in [5, 5.41) is 2.73. The van der Waals surface area contributed by atoms with Crippen molar-refractivity contribution in [2.75, 3.05) is 11.9 Å². The van der Waals surface area contributed by atoms with Crippen LogP contribution in [0.15, 0.2) is 16.6 Å². The van der Waals surface area contributed by atoms with Crippen molar-refractivity contribution in [3.8, 4) is 0 Å². The molecule has 0 spiro atoms. The van der Waals surface area contributed by atoms with Gasteiger partial charge in [-0.3, -0.25) is 19.3 Å². The number of nitrogens with one attached hydrogen (secondary N) is 1. The number of fused-ring (bicyclic) bond motifs is 5. The zero-order valence-electron chi connectivity index (χ0n) is 17.7. The van der Waals surface area contributed by atoms with E-state index < -0.39 is 36.4 Å². The molecule has 1 N–H and O–H groups in total. The maximum atomic E-state index is 13.0. The molecule has 2 aliphatic carbocycles. The van der Waals surface area contributed by atoms with E-state index in [4.69, 9.17) is 4.74 Å². The van der Waals surface area contributed by atoms with E-state index >= 15 is 0 Å². The summed E-state index contributed by atoms with van der Waals surface area (Å²) < 4.78 is 6.08. The lowest BCUT2D eigenvalue weighted by Crippen LogP contribution is -2.45. The molecule has 1 aromatic rings. The summed E-state index contributed by atoms with van der Waals surface area (Å²) >= 11 is 10.7. The van der Waals surface area contributed by atoms with Crippen LogP contribution in [0.2, 0.25) is 0 Å². The fourth-order valence-corrected chi connectivity index (χ4v) is 7.53. The first kappa shape index (κ1) is 23.9. The van der Waals surface area contributed by atoms with Crippen molar-refractivity contribution in [2.45, 2.75) is 42.9 Å². The minimum atomic E-state index is -1.08. The summed E-state index contributed by atoms with van der Waals surface area (Å²) in [4.78, 5) is 52.3. The van der Waals surface area contributed by atoms with E-state index in [2.05, 4.69) is 53.1 Å². The van der Waals surface area contributed by atoms with Crippen LogP contribution in [0.5, 0.6) is 0 Å². The molecule has 0 radical (unpaired) electrons. The highest BCUT2D eigenvalue weighted by Gasteiger charge is 2.67. The fraction of sp³-hybridized carbons (Fsp3) is 0.545. The predicted molar refractivity (Wildman–Crippen MR) is 129 cm³/mol. The molecule has 7 nitrogen and oxygen atoms in total. The highest BCUT2D eigenvalue weighted by molar-refractivity contribution is 9.12. The zero-order valence-corrected chi connectivity index (χ0v) is 22.5. The Morgan fingerprint density at radius 1 is 1.09 bits per heavy atom. The minimum Gasteiger partial charge on any atom is -0.454 e. The molecule has 0 unspecified atom stereocenters. The number of carbonyl (C=O) groups is 4. The number of esters is 1. The van der Waals surface area contributed by atoms with Crippen molar-refractivity contribution in [1.82, 2.24) is 4.90 Å². The Hall–Kier alpha value is -1.26. The first-order chi connectivity index (χ1) is 15.0. The van der Waals surface area contributed by atoms with Crippen LogP contribution >= 0.6 is 47.8 Å². The number of benzene rings is 1. The quantitative estimate of drug-likeness (QED) is 0.303. The molecule has 7 atom stereocenters. The molecule has 2 saturated carbocycles. The number of ether oxygens (including phenoxy) is 1. The van der Waals surface area contributed by atoms with Crippen molar-refractivity contribution < 1.29 is 23.9 Å². The first-order valence-corrected chi connectivity index (χ1v) is 13.0. The Morgan fingerprint density at radius 2 is 1.66 bits per heavy atom. The second-order valence-electron chi connectivity index (χ2n) is 8.73. The fourth-order valence-electron chi connectivity index (χ4n) is 5.23. The third-order valence-corrected chi connectivity index (χ3v) is 11.2. The van der Waals surface area contributed by atoms with E-state index in [0.717, 1.165) is 26.9 Å². The smallest absolute Gasteiger partial charge is 0.329 e. The van der Waals surface area contributed by atoms with E-state index in [0.29, 0.717) is 5.69 Å². The van der Waals surface area contributed by atoms with Crippen LogP contribution in [0.1, 0.15) is 24.5 Å². The number of alkyl halides is 2. The number of likely N-dealkylation sites (tertiary alicyclic amines) is 1. The van der Waals surface area contributed by atoms with E-state index in [1.165, 1.54) is 6.92 Å². The van der Waals surface area contributed by atoms with E-state index in [-0.39, 0.29) is 33.3 Å². The molecule has 4 rings (SSSR count). The summed E-state index contributed by atoms with van der Waals surface area (Å²) in [6.45, 7) is 4.78. The first-order valence-electron chi connectivity index (χ1n) is 10.4. The van der Waals surface area contributed by atoms with Gasteiger partial charge in [0.15, 0.2) is 6.61 Å². The number of rotatable bonds is 5. The van der Waals surface area contributed by atoms with Crippen LogP contribution in [0.4, 0.5) is 5.69 Å². The number of nitrogens with zero attached hydrogens (tertiary/aromatic N) is 1. The molecule has 3 aliphatic rings. The molecule has 0 aromatic heterocycles. The molecule has 2 bridgehead atoms. The average Bonchev–Trinajstić information content (AvgIpc) is 3.36. The SMILES string of the molecule is Cc1c(Br)ccc(NC(=O)COC(=O)[C@H](C)N2C(=O)[C@@H]3[C@H]4C[C@@H]([C@@H](Br)[C@H]4Br)[C@H]3C2=O)c1C.